The summed E-state index contributed by atoms with van der Waals surface area (Å²) >= 11 is 0. The van der Waals surface area contributed by atoms with Gasteiger partial charge in [0.15, 0.2) is 0 Å². The molecule has 4 nitrogen and oxygen atoms in total. The van der Waals surface area contributed by atoms with Crippen molar-refractivity contribution in [3.63, 3.8) is 0 Å². The number of carbonyl (C=O) groups excluding carboxylic acids is 1. The molecule has 0 aromatic carbocycles. The van der Waals surface area contributed by atoms with Crippen LogP contribution in [0.2, 0.25) is 0 Å². The van der Waals surface area contributed by atoms with Crippen LogP contribution in [0.25, 0.3) is 0 Å². The number of rotatable bonds is 2. The fraction of sp³-hybridized carbons (Fsp3) is 0.500. The Bertz CT molecular complexity index is 353. The number of esters is 1. The maximum atomic E-state index is 11.3. The lowest BCUT2D eigenvalue weighted by Crippen LogP contribution is -2.34. The van der Waals surface area contributed by atoms with Gasteiger partial charge in [-0.3, -0.25) is 0 Å². The lowest BCUT2D eigenvalue weighted by molar-refractivity contribution is 0.0590. The van der Waals surface area contributed by atoms with E-state index in [0.29, 0.717) is 11.7 Å². The van der Waals surface area contributed by atoms with E-state index in [-0.39, 0.29) is 5.97 Å². The minimum absolute atomic E-state index is 0.280. The first-order valence-electron chi connectivity index (χ1n) is 4.70. The molecule has 0 radical (unpaired) electrons. The smallest absolute Gasteiger partial charge is 0.354 e. The van der Waals surface area contributed by atoms with Gasteiger partial charge in [0.05, 0.1) is 7.11 Å². The van der Waals surface area contributed by atoms with Crippen LogP contribution in [0.1, 0.15) is 28.5 Å². The van der Waals surface area contributed by atoms with E-state index in [0.717, 1.165) is 13.0 Å². The minimum Gasteiger partial charge on any atom is -0.464 e. The quantitative estimate of drug-likeness (QED) is 0.710. The summed E-state index contributed by atoms with van der Waals surface area (Å²) in [5, 5.41) is 3.29. The third-order valence-electron chi connectivity index (χ3n) is 2.65. The van der Waals surface area contributed by atoms with E-state index >= 15 is 0 Å². The molecule has 0 bridgehead atoms. The van der Waals surface area contributed by atoms with Crippen molar-refractivity contribution in [3.05, 3.63) is 23.5 Å². The number of ether oxygens (including phenoxy) is 1. The molecule has 1 aliphatic heterocycles. The molecule has 1 saturated heterocycles. The number of aromatic nitrogens is 1. The first-order chi connectivity index (χ1) is 6.72. The van der Waals surface area contributed by atoms with Crippen LogP contribution in [-0.4, -0.2) is 24.2 Å². The molecule has 0 spiro atoms. The molecule has 1 unspecified atom stereocenters. The molecule has 2 heterocycles. The van der Waals surface area contributed by atoms with Crippen LogP contribution in [0, 0.1) is 0 Å². The van der Waals surface area contributed by atoms with Crippen molar-refractivity contribution in [2.24, 2.45) is 7.05 Å². The highest BCUT2D eigenvalue weighted by atomic mass is 16.5. The maximum absolute atomic E-state index is 11.3. The molecule has 0 saturated carbocycles. The number of carbonyl (C=O) groups is 1. The number of aryl methyl sites for hydroxylation is 1. The molecule has 1 fully saturated rings. The summed E-state index contributed by atoms with van der Waals surface area (Å²) < 4.78 is 6.49. The first-order valence-corrected chi connectivity index (χ1v) is 4.70. The van der Waals surface area contributed by atoms with Crippen molar-refractivity contribution in [1.29, 1.82) is 0 Å². The van der Waals surface area contributed by atoms with Crippen LogP contribution in [0.5, 0.6) is 0 Å². The lowest BCUT2D eigenvalue weighted by atomic mass is 10.0. The van der Waals surface area contributed by atoms with Gasteiger partial charge in [0.1, 0.15) is 5.69 Å². The van der Waals surface area contributed by atoms with Gasteiger partial charge in [0, 0.05) is 19.3 Å². The molecule has 1 aliphatic rings. The molecule has 1 aromatic heterocycles. The van der Waals surface area contributed by atoms with Crippen LogP contribution < -0.4 is 5.32 Å². The highest BCUT2D eigenvalue weighted by Crippen LogP contribution is 2.24. The van der Waals surface area contributed by atoms with E-state index in [1.54, 1.807) is 4.57 Å². The van der Waals surface area contributed by atoms with E-state index in [4.69, 9.17) is 0 Å². The fourth-order valence-corrected chi connectivity index (χ4v) is 1.66. The van der Waals surface area contributed by atoms with Gasteiger partial charge in [0.2, 0.25) is 0 Å². The van der Waals surface area contributed by atoms with Crippen LogP contribution in [0.15, 0.2) is 12.3 Å². The third-order valence-corrected chi connectivity index (χ3v) is 2.65. The minimum atomic E-state index is -0.280. The summed E-state index contributed by atoms with van der Waals surface area (Å²) in [5.41, 5.74) is 1.77. The number of methoxy groups -OCH3 is 1. The third kappa shape index (κ3) is 1.42. The zero-order chi connectivity index (χ0) is 10.1. The molecule has 4 heteroatoms. The summed E-state index contributed by atoms with van der Waals surface area (Å²) in [7, 11) is 3.25. The summed E-state index contributed by atoms with van der Waals surface area (Å²) in [6, 6.07) is 2.31. The molecule has 0 amide bonds. The molecule has 1 aromatic rings. The average Bonchev–Trinajstić information content (AvgIpc) is 2.43. The molecule has 0 aliphatic carbocycles. The maximum Gasteiger partial charge on any atom is 0.354 e. The van der Waals surface area contributed by atoms with Crippen LogP contribution in [0.3, 0.4) is 0 Å². The van der Waals surface area contributed by atoms with Crippen molar-refractivity contribution in [3.8, 4) is 0 Å². The molecule has 1 N–H and O–H groups in total. The molecule has 14 heavy (non-hydrogen) atoms. The van der Waals surface area contributed by atoms with E-state index in [1.807, 2.05) is 19.3 Å². The predicted octanol–water partition coefficient (Wildman–Crippen LogP) is 0.846. The van der Waals surface area contributed by atoms with Gasteiger partial charge in [-0.25, -0.2) is 4.79 Å². The second-order valence-corrected chi connectivity index (χ2v) is 3.56. The lowest BCUT2D eigenvalue weighted by Gasteiger charge is -2.26. The van der Waals surface area contributed by atoms with Crippen LogP contribution in [-0.2, 0) is 11.8 Å². The molecule has 1 atom stereocenters. The second-order valence-electron chi connectivity index (χ2n) is 3.56. The topological polar surface area (TPSA) is 43.3 Å². The Balaban J connectivity index is 2.24. The Morgan fingerprint density at radius 2 is 2.43 bits per heavy atom. The first kappa shape index (κ1) is 9.27. The van der Waals surface area contributed by atoms with Crippen molar-refractivity contribution < 1.29 is 9.53 Å². The van der Waals surface area contributed by atoms with Crippen molar-refractivity contribution in [2.45, 2.75) is 12.5 Å². The second kappa shape index (κ2) is 3.46. The summed E-state index contributed by atoms with van der Waals surface area (Å²) in [6.45, 7) is 1.06. The Kier molecular flexibility index (Phi) is 2.29. The summed E-state index contributed by atoms with van der Waals surface area (Å²) in [4.78, 5) is 11.3. The molecular formula is C10H14N2O2. The van der Waals surface area contributed by atoms with Gasteiger partial charge in [-0.2, -0.15) is 0 Å². The van der Waals surface area contributed by atoms with Crippen molar-refractivity contribution >= 4 is 5.97 Å². The summed E-state index contributed by atoms with van der Waals surface area (Å²) in [5.74, 6) is -0.280. The number of nitrogens with one attached hydrogen (secondary N) is 1. The summed E-state index contributed by atoms with van der Waals surface area (Å²) in [6.07, 6.45) is 3.12. The van der Waals surface area contributed by atoms with E-state index < -0.39 is 0 Å². The predicted molar refractivity (Wildman–Crippen MR) is 52.1 cm³/mol. The fourth-order valence-electron chi connectivity index (χ4n) is 1.66. The van der Waals surface area contributed by atoms with Crippen molar-refractivity contribution in [1.82, 2.24) is 9.88 Å². The zero-order valence-electron chi connectivity index (χ0n) is 8.41. The van der Waals surface area contributed by atoms with E-state index in [2.05, 4.69) is 10.1 Å². The van der Waals surface area contributed by atoms with E-state index in [1.165, 1.54) is 12.7 Å². The van der Waals surface area contributed by atoms with Gasteiger partial charge in [-0.15, -0.1) is 0 Å². The molecule has 76 valence electrons. The van der Waals surface area contributed by atoms with Crippen LogP contribution >= 0.6 is 0 Å². The Hall–Kier alpha value is -1.29. The molecule has 2 rings (SSSR count). The molecular weight excluding hydrogens is 180 g/mol. The van der Waals surface area contributed by atoms with Gasteiger partial charge in [-0.05, 0) is 24.6 Å². The van der Waals surface area contributed by atoms with Crippen molar-refractivity contribution in [2.75, 3.05) is 13.7 Å². The normalized spacial score (nSPS) is 20.3. The zero-order valence-corrected chi connectivity index (χ0v) is 8.41. The average molecular weight is 194 g/mol. The standard InChI is InChI=1S/C10H14N2O2/c1-12-6-7(8-3-4-11-8)5-9(12)10(13)14-2/h5-6,8,11H,3-4H2,1-2H3. The Labute approximate surface area is 82.9 Å². The Morgan fingerprint density at radius 1 is 1.71 bits per heavy atom. The van der Waals surface area contributed by atoms with Gasteiger partial charge < -0.3 is 14.6 Å². The highest BCUT2D eigenvalue weighted by Gasteiger charge is 2.22. The van der Waals surface area contributed by atoms with Gasteiger partial charge >= 0.3 is 5.97 Å². The highest BCUT2D eigenvalue weighted by molar-refractivity contribution is 5.87. The largest absolute Gasteiger partial charge is 0.464 e. The SMILES string of the molecule is COC(=O)c1cc(C2CCN2)cn1C. The monoisotopic (exact) mass is 194 g/mol. The number of nitrogens with zero attached hydrogens (tertiary/aromatic N) is 1. The number of hydrogen-bond donors (Lipinski definition) is 1. The van der Waals surface area contributed by atoms with Gasteiger partial charge in [-0.1, -0.05) is 0 Å². The Morgan fingerprint density at radius 3 is 2.93 bits per heavy atom. The van der Waals surface area contributed by atoms with Crippen LogP contribution in [0.4, 0.5) is 0 Å². The van der Waals surface area contributed by atoms with E-state index in [9.17, 15) is 4.79 Å². The van der Waals surface area contributed by atoms with Gasteiger partial charge in [0.25, 0.3) is 0 Å². The number of hydrogen-bond acceptors (Lipinski definition) is 3.